The van der Waals surface area contributed by atoms with Crippen LogP contribution in [0.1, 0.15) is 39.2 Å². The summed E-state index contributed by atoms with van der Waals surface area (Å²) < 4.78 is 0. The Kier molecular flexibility index (Phi) is 23.2. The van der Waals surface area contributed by atoms with Crippen molar-refractivity contribution in [2.24, 2.45) is 0 Å². The molecule has 13 aromatic rings. The Morgan fingerprint density at radius 3 is 1.37 bits per heavy atom. The van der Waals surface area contributed by atoms with E-state index in [0.717, 1.165) is 22.8 Å². The van der Waals surface area contributed by atoms with Gasteiger partial charge in [0.25, 0.3) is 0 Å². The number of fused-ring (bicyclic) bond motifs is 2. The molecule has 81 heavy (non-hydrogen) atoms. The molecule has 0 fully saturated rings. The van der Waals surface area contributed by atoms with Gasteiger partial charge in [-0.3, -0.25) is 24.9 Å². The van der Waals surface area contributed by atoms with Gasteiger partial charge in [-0.05, 0) is 146 Å². The Hall–Kier alpha value is -9.97. The van der Waals surface area contributed by atoms with E-state index in [0.29, 0.717) is 0 Å². The summed E-state index contributed by atoms with van der Waals surface area (Å²) in [6.07, 6.45) is 11.0. The molecule has 5 heterocycles. The highest BCUT2D eigenvalue weighted by atomic mass is 14.7. The molecule has 5 aromatic heterocycles. The number of benzene rings is 8. The SMILES string of the molecule is Cc1cc(-c2ccncc2)ccn1.Cc1ccc(-c2ccccc2)cn1.Cc1ccc(-c2ccccc2)nc1.Cc1ccc(-c2ccccn2)cc1.Cc1ccc2ccccc2c1.Cc1cccc2ccccc12.Cc1ccccc1. The lowest BCUT2D eigenvalue weighted by molar-refractivity contribution is 1.20. The fourth-order valence-corrected chi connectivity index (χ4v) is 8.27. The van der Waals surface area contributed by atoms with Crippen LogP contribution in [0.3, 0.4) is 0 Å². The molecule has 0 aliphatic carbocycles. The zero-order valence-electron chi connectivity index (χ0n) is 47.6. The van der Waals surface area contributed by atoms with Gasteiger partial charge in [0.15, 0.2) is 0 Å². The Morgan fingerprint density at radius 2 is 0.765 bits per heavy atom. The number of aryl methyl sites for hydroxylation is 7. The predicted octanol–water partition coefficient (Wildman–Crippen LogP) is 19.9. The number of aromatic nitrogens is 5. The van der Waals surface area contributed by atoms with E-state index in [1.807, 2.05) is 149 Å². The van der Waals surface area contributed by atoms with E-state index in [1.54, 1.807) is 12.4 Å². The smallest absolute Gasteiger partial charge is 0.0702 e. The lowest BCUT2D eigenvalue weighted by Crippen LogP contribution is -1.82. The van der Waals surface area contributed by atoms with Crippen LogP contribution in [0.15, 0.2) is 304 Å². The van der Waals surface area contributed by atoms with E-state index in [-0.39, 0.29) is 0 Å². The molecule has 0 saturated heterocycles. The summed E-state index contributed by atoms with van der Waals surface area (Å²) in [4.78, 5) is 21.0. The van der Waals surface area contributed by atoms with Crippen molar-refractivity contribution in [2.45, 2.75) is 48.5 Å². The molecular formula is C76H71N5. The molecule has 8 aromatic carbocycles. The second kappa shape index (κ2) is 32.1. The number of hydrogen-bond donors (Lipinski definition) is 0. The molecule has 0 atom stereocenters. The molecule has 0 spiro atoms. The van der Waals surface area contributed by atoms with Gasteiger partial charge < -0.3 is 0 Å². The summed E-state index contributed by atoms with van der Waals surface area (Å²) in [5.41, 5.74) is 17.7. The largest absolute Gasteiger partial charge is 0.265 e. The predicted molar refractivity (Wildman–Crippen MR) is 344 cm³/mol. The number of rotatable bonds is 4. The third-order valence-electron chi connectivity index (χ3n) is 12.8. The van der Waals surface area contributed by atoms with Crippen molar-refractivity contribution in [1.29, 1.82) is 0 Å². The Labute approximate surface area is 480 Å². The summed E-state index contributed by atoms with van der Waals surface area (Å²) >= 11 is 0. The maximum absolute atomic E-state index is 4.35. The van der Waals surface area contributed by atoms with Crippen LogP contribution >= 0.6 is 0 Å². The van der Waals surface area contributed by atoms with Gasteiger partial charge in [0.05, 0.1) is 11.4 Å². The van der Waals surface area contributed by atoms with Crippen LogP contribution < -0.4 is 0 Å². The molecule has 0 aliphatic heterocycles. The van der Waals surface area contributed by atoms with Crippen molar-refractivity contribution in [1.82, 2.24) is 24.9 Å². The highest BCUT2D eigenvalue weighted by Gasteiger charge is 1.99. The molecule has 5 nitrogen and oxygen atoms in total. The van der Waals surface area contributed by atoms with E-state index < -0.39 is 0 Å². The minimum absolute atomic E-state index is 1.03. The van der Waals surface area contributed by atoms with Crippen LogP contribution in [0.5, 0.6) is 0 Å². The number of nitrogens with zero attached hydrogens (tertiary/aromatic N) is 5. The Morgan fingerprint density at radius 1 is 0.235 bits per heavy atom. The summed E-state index contributed by atoms with van der Waals surface area (Å²) in [6, 6.07) is 91.1. The Balaban J connectivity index is 0.000000137. The lowest BCUT2D eigenvalue weighted by Gasteiger charge is -2.00. The third-order valence-corrected chi connectivity index (χ3v) is 12.8. The molecule has 0 N–H and O–H groups in total. The molecule has 0 unspecified atom stereocenters. The molecule has 0 radical (unpaired) electrons. The summed E-state index contributed by atoms with van der Waals surface area (Å²) in [7, 11) is 0. The van der Waals surface area contributed by atoms with Crippen LogP contribution in [-0.4, -0.2) is 24.9 Å². The average molecular weight is 1050 g/mol. The van der Waals surface area contributed by atoms with Crippen LogP contribution in [0, 0.1) is 48.5 Å². The van der Waals surface area contributed by atoms with Crippen molar-refractivity contribution in [3.63, 3.8) is 0 Å². The zero-order chi connectivity index (χ0) is 56.9. The van der Waals surface area contributed by atoms with Gasteiger partial charge in [0.2, 0.25) is 0 Å². The van der Waals surface area contributed by atoms with Crippen molar-refractivity contribution in [3.8, 4) is 44.8 Å². The van der Waals surface area contributed by atoms with Crippen molar-refractivity contribution in [3.05, 3.63) is 343 Å². The zero-order valence-corrected chi connectivity index (χ0v) is 47.6. The normalized spacial score (nSPS) is 9.91. The van der Waals surface area contributed by atoms with Crippen LogP contribution in [0.4, 0.5) is 0 Å². The molecule has 0 bridgehead atoms. The third kappa shape index (κ3) is 20.1. The van der Waals surface area contributed by atoms with E-state index in [4.69, 9.17) is 0 Å². The highest BCUT2D eigenvalue weighted by molar-refractivity contribution is 5.85. The number of pyridine rings is 5. The monoisotopic (exact) mass is 1050 g/mol. The van der Waals surface area contributed by atoms with Gasteiger partial charge in [-0.15, -0.1) is 0 Å². The fraction of sp³-hybridized carbons (Fsp3) is 0.0921. The minimum atomic E-state index is 1.03. The van der Waals surface area contributed by atoms with E-state index in [9.17, 15) is 0 Å². The van der Waals surface area contributed by atoms with Gasteiger partial charge >= 0.3 is 0 Å². The molecule has 400 valence electrons. The number of hydrogen-bond acceptors (Lipinski definition) is 5. The van der Waals surface area contributed by atoms with Gasteiger partial charge in [0.1, 0.15) is 0 Å². The second-order valence-electron chi connectivity index (χ2n) is 19.4. The average Bonchev–Trinajstić information content (AvgIpc) is 3.54. The van der Waals surface area contributed by atoms with E-state index in [1.165, 1.54) is 82.7 Å². The quantitative estimate of drug-likeness (QED) is 0.176. The van der Waals surface area contributed by atoms with Gasteiger partial charge in [-0.25, -0.2) is 0 Å². The molecule has 0 saturated carbocycles. The van der Waals surface area contributed by atoms with Crippen LogP contribution in [-0.2, 0) is 0 Å². The molecular weight excluding hydrogens is 983 g/mol. The van der Waals surface area contributed by atoms with Gasteiger partial charge in [-0.2, -0.15) is 0 Å². The van der Waals surface area contributed by atoms with Crippen molar-refractivity contribution >= 4 is 21.5 Å². The van der Waals surface area contributed by atoms with Gasteiger partial charge in [-0.1, -0.05) is 235 Å². The second-order valence-corrected chi connectivity index (χ2v) is 19.4. The maximum Gasteiger partial charge on any atom is 0.0702 e. The molecule has 0 amide bonds. The Bertz CT molecular complexity index is 3630. The summed E-state index contributed by atoms with van der Waals surface area (Å²) in [6.45, 7) is 14.5. The first kappa shape index (κ1) is 58.7. The van der Waals surface area contributed by atoms with E-state index >= 15 is 0 Å². The first-order valence-electron chi connectivity index (χ1n) is 27.3. The topological polar surface area (TPSA) is 64.5 Å². The van der Waals surface area contributed by atoms with Crippen LogP contribution in [0.25, 0.3) is 66.3 Å². The highest BCUT2D eigenvalue weighted by Crippen LogP contribution is 2.21. The summed E-state index contributed by atoms with van der Waals surface area (Å²) in [5.74, 6) is 0. The molecule has 5 heteroatoms. The van der Waals surface area contributed by atoms with Crippen molar-refractivity contribution in [2.75, 3.05) is 0 Å². The fourth-order valence-electron chi connectivity index (χ4n) is 8.27. The molecule has 0 aliphatic rings. The summed E-state index contributed by atoms with van der Waals surface area (Å²) in [5, 5.41) is 5.33. The van der Waals surface area contributed by atoms with Gasteiger partial charge in [0, 0.05) is 65.3 Å². The first-order chi connectivity index (χ1) is 39.6. The maximum atomic E-state index is 4.35. The van der Waals surface area contributed by atoms with Crippen LogP contribution in [0.2, 0.25) is 0 Å². The van der Waals surface area contributed by atoms with E-state index in [2.05, 4.69) is 216 Å². The molecule has 13 rings (SSSR count). The van der Waals surface area contributed by atoms with Crippen molar-refractivity contribution < 1.29 is 0 Å². The lowest BCUT2D eigenvalue weighted by atomic mass is 10.1. The standard InChI is InChI=1S/3C12H11N.C11H10N2.2C11H10.C7H8/c1-10-5-7-11(8-6-10)12-4-2-3-9-13-12;1-10-7-8-12(9-13-10)11-5-3-2-4-6-11;1-10-7-8-12(13-9-10)11-5-3-2-4-6-11;1-9-8-11(4-7-13-9)10-2-5-12-6-3-10;1-9-5-4-7-10-6-2-3-8-11(9)10;1-9-6-7-10-4-2-3-5-11(10)8-9;1-7-5-3-2-4-6-7/h3*2-9H,1H3;2-8H,1H3;2*2-8H,1H3;2-6H,1H3. The first-order valence-corrected chi connectivity index (χ1v) is 27.3. The minimum Gasteiger partial charge on any atom is -0.265 e.